The minimum absolute atomic E-state index is 0.779. The Kier molecular flexibility index (Phi) is 4.88. The SMILES string of the molecule is CCNCc1c(Cl)cccc1N(C)Cc1ccoc1. The highest BCUT2D eigenvalue weighted by atomic mass is 35.5. The number of hydrogen-bond donors (Lipinski definition) is 1. The third kappa shape index (κ3) is 3.52. The largest absolute Gasteiger partial charge is 0.472 e. The molecule has 1 aromatic carbocycles. The van der Waals surface area contributed by atoms with Gasteiger partial charge in [0.05, 0.1) is 12.5 Å². The maximum absolute atomic E-state index is 6.31. The molecule has 1 N–H and O–H groups in total. The van der Waals surface area contributed by atoms with Crippen molar-refractivity contribution in [2.24, 2.45) is 0 Å². The number of furan rings is 1. The first kappa shape index (κ1) is 14.0. The van der Waals surface area contributed by atoms with Crippen LogP contribution in [0.4, 0.5) is 5.69 Å². The summed E-state index contributed by atoms with van der Waals surface area (Å²) in [6, 6.07) is 7.99. The Hall–Kier alpha value is -1.45. The van der Waals surface area contributed by atoms with Gasteiger partial charge in [0.1, 0.15) is 0 Å². The molecule has 2 aromatic rings. The number of nitrogens with one attached hydrogen (secondary N) is 1. The van der Waals surface area contributed by atoms with Crippen LogP contribution in [0.2, 0.25) is 5.02 Å². The second-order valence-electron chi connectivity index (χ2n) is 4.51. The lowest BCUT2D eigenvalue weighted by Gasteiger charge is -2.23. The molecule has 1 heterocycles. The number of nitrogens with zero attached hydrogens (tertiary/aromatic N) is 1. The lowest BCUT2D eigenvalue weighted by atomic mass is 10.1. The zero-order chi connectivity index (χ0) is 13.7. The van der Waals surface area contributed by atoms with E-state index in [0.29, 0.717) is 0 Å². The molecule has 0 radical (unpaired) electrons. The molecule has 0 bridgehead atoms. The normalized spacial score (nSPS) is 10.7. The molecule has 0 spiro atoms. The van der Waals surface area contributed by atoms with E-state index in [-0.39, 0.29) is 0 Å². The Balaban J connectivity index is 2.20. The molecule has 3 nitrogen and oxygen atoms in total. The highest BCUT2D eigenvalue weighted by Gasteiger charge is 2.11. The van der Waals surface area contributed by atoms with E-state index in [4.69, 9.17) is 16.0 Å². The molecule has 0 aliphatic heterocycles. The van der Waals surface area contributed by atoms with E-state index in [1.165, 1.54) is 0 Å². The fourth-order valence-electron chi connectivity index (χ4n) is 2.07. The van der Waals surface area contributed by atoms with E-state index in [0.717, 1.165) is 41.5 Å². The van der Waals surface area contributed by atoms with Crippen molar-refractivity contribution in [1.82, 2.24) is 5.32 Å². The van der Waals surface area contributed by atoms with Crippen LogP contribution in [0.3, 0.4) is 0 Å². The Morgan fingerprint density at radius 1 is 1.32 bits per heavy atom. The van der Waals surface area contributed by atoms with Crippen LogP contribution in [-0.4, -0.2) is 13.6 Å². The third-order valence-electron chi connectivity index (χ3n) is 3.06. The van der Waals surface area contributed by atoms with Crippen LogP contribution in [0.25, 0.3) is 0 Å². The van der Waals surface area contributed by atoms with Crippen LogP contribution >= 0.6 is 11.6 Å². The molecule has 102 valence electrons. The van der Waals surface area contributed by atoms with E-state index in [1.54, 1.807) is 12.5 Å². The summed E-state index contributed by atoms with van der Waals surface area (Å²) < 4.78 is 5.11. The van der Waals surface area contributed by atoms with Crippen molar-refractivity contribution in [3.63, 3.8) is 0 Å². The Morgan fingerprint density at radius 2 is 2.16 bits per heavy atom. The molecule has 19 heavy (non-hydrogen) atoms. The van der Waals surface area contributed by atoms with Crippen molar-refractivity contribution in [2.75, 3.05) is 18.5 Å². The molecule has 0 atom stereocenters. The minimum Gasteiger partial charge on any atom is -0.472 e. The fourth-order valence-corrected chi connectivity index (χ4v) is 2.31. The van der Waals surface area contributed by atoms with Gasteiger partial charge in [-0.3, -0.25) is 0 Å². The molecule has 2 rings (SSSR count). The Morgan fingerprint density at radius 3 is 2.84 bits per heavy atom. The van der Waals surface area contributed by atoms with Crippen LogP contribution < -0.4 is 10.2 Å². The van der Waals surface area contributed by atoms with Crippen molar-refractivity contribution in [3.8, 4) is 0 Å². The van der Waals surface area contributed by atoms with Crippen molar-refractivity contribution < 1.29 is 4.42 Å². The maximum Gasteiger partial charge on any atom is 0.0952 e. The van der Waals surface area contributed by atoms with E-state index in [1.807, 2.05) is 18.2 Å². The van der Waals surface area contributed by atoms with Crippen LogP contribution in [-0.2, 0) is 13.1 Å². The Labute approximate surface area is 119 Å². The van der Waals surface area contributed by atoms with Gasteiger partial charge in [0.15, 0.2) is 0 Å². The zero-order valence-corrected chi connectivity index (χ0v) is 12.1. The molecular weight excluding hydrogens is 260 g/mol. The Bertz CT molecular complexity index is 511. The number of anilines is 1. The fraction of sp³-hybridized carbons (Fsp3) is 0.333. The van der Waals surface area contributed by atoms with Gasteiger partial charge in [-0.1, -0.05) is 24.6 Å². The third-order valence-corrected chi connectivity index (χ3v) is 3.41. The minimum atomic E-state index is 0.779. The lowest BCUT2D eigenvalue weighted by Crippen LogP contribution is -2.20. The summed E-state index contributed by atoms with van der Waals surface area (Å²) in [5.41, 5.74) is 3.43. The van der Waals surface area contributed by atoms with Gasteiger partial charge in [-0.25, -0.2) is 0 Å². The number of rotatable bonds is 6. The quantitative estimate of drug-likeness (QED) is 0.874. The molecule has 0 saturated heterocycles. The number of hydrogen-bond acceptors (Lipinski definition) is 3. The number of halogens is 1. The zero-order valence-electron chi connectivity index (χ0n) is 11.3. The summed E-state index contributed by atoms with van der Waals surface area (Å²) >= 11 is 6.31. The molecule has 4 heteroatoms. The molecular formula is C15H19ClN2O. The summed E-state index contributed by atoms with van der Waals surface area (Å²) in [6.07, 6.45) is 3.46. The summed E-state index contributed by atoms with van der Waals surface area (Å²) in [5, 5.41) is 4.13. The van der Waals surface area contributed by atoms with Crippen LogP contribution in [0.15, 0.2) is 41.2 Å². The predicted octanol–water partition coefficient (Wildman–Crippen LogP) is 3.68. The lowest BCUT2D eigenvalue weighted by molar-refractivity contribution is 0.563. The highest BCUT2D eigenvalue weighted by Crippen LogP contribution is 2.27. The van der Waals surface area contributed by atoms with Crippen molar-refractivity contribution >= 4 is 17.3 Å². The first-order valence-electron chi connectivity index (χ1n) is 6.42. The van der Waals surface area contributed by atoms with Crippen LogP contribution in [0.5, 0.6) is 0 Å². The first-order chi connectivity index (χ1) is 9.22. The molecule has 0 amide bonds. The maximum atomic E-state index is 6.31. The molecule has 0 fully saturated rings. The van der Waals surface area contributed by atoms with E-state index >= 15 is 0 Å². The van der Waals surface area contributed by atoms with Gasteiger partial charge >= 0.3 is 0 Å². The van der Waals surface area contributed by atoms with E-state index in [9.17, 15) is 0 Å². The van der Waals surface area contributed by atoms with Gasteiger partial charge in [-0.05, 0) is 24.7 Å². The second-order valence-corrected chi connectivity index (χ2v) is 4.91. The summed E-state index contributed by atoms with van der Waals surface area (Å²) in [4.78, 5) is 2.18. The van der Waals surface area contributed by atoms with Gasteiger partial charge in [-0.2, -0.15) is 0 Å². The standard InChI is InChI=1S/C15H19ClN2O/c1-3-17-9-13-14(16)5-4-6-15(13)18(2)10-12-7-8-19-11-12/h4-8,11,17H,3,9-10H2,1-2H3. The van der Waals surface area contributed by atoms with Gasteiger partial charge < -0.3 is 14.6 Å². The molecule has 0 saturated carbocycles. The van der Waals surface area contributed by atoms with Gasteiger partial charge in [0.2, 0.25) is 0 Å². The van der Waals surface area contributed by atoms with Crippen molar-refractivity contribution in [3.05, 3.63) is 52.9 Å². The van der Waals surface area contributed by atoms with Crippen molar-refractivity contribution in [2.45, 2.75) is 20.0 Å². The van der Waals surface area contributed by atoms with Gasteiger partial charge in [0, 0.05) is 42.0 Å². The van der Waals surface area contributed by atoms with Gasteiger partial charge in [0.25, 0.3) is 0 Å². The van der Waals surface area contributed by atoms with Crippen LogP contribution in [0.1, 0.15) is 18.1 Å². The summed E-state index contributed by atoms with van der Waals surface area (Å²) in [7, 11) is 2.06. The average Bonchev–Trinajstić information content (AvgIpc) is 2.90. The van der Waals surface area contributed by atoms with Crippen LogP contribution in [0, 0.1) is 0 Å². The monoisotopic (exact) mass is 278 g/mol. The smallest absolute Gasteiger partial charge is 0.0952 e. The highest BCUT2D eigenvalue weighted by molar-refractivity contribution is 6.31. The van der Waals surface area contributed by atoms with Crippen molar-refractivity contribution in [1.29, 1.82) is 0 Å². The first-order valence-corrected chi connectivity index (χ1v) is 6.80. The topological polar surface area (TPSA) is 28.4 Å². The summed E-state index contributed by atoms with van der Waals surface area (Å²) in [6.45, 7) is 4.60. The van der Waals surface area contributed by atoms with E-state index < -0.39 is 0 Å². The molecule has 0 aliphatic rings. The molecule has 0 aliphatic carbocycles. The van der Waals surface area contributed by atoms with E-state index in [2.05, 4.69) is 30.3 Å². The molecule has 0 unspecified atom stereocenters. The average molecular weight is 279 g/mol. The summed E-state index contributed by atoms with van der Waals surface area (Å²) in [5.74, 6) is 0. The second kappa shape index (κ2) is 6.64. The number of benzene rings is 1. The predicted molar refractivity (Wildman–Crippen MR) is 79.6 cm³/mol. The molecule has 1 aromatic heterocycles. The van der Waals surface area contributed by atoms with Gasteiger partial charge in [-0.15, -0.1) is 0 Å².